The summed E-state index contributed by atoms with van der Waals surface area (Å²) < 4.78 is 5.21. The highest BCUT2D eigenvalue weighted by molar-refractivity contribution is 6.31. The number of esters is 1. The minimum atomic E-state index is -0.599. The Kier molecular flexibility index (Phi) is 5.84. The maximum Gasteiger partial charge on any atom is 0.311 e. The number of halogens is 1. The standard InChI is InChI=1S/C22H22ClNO4/c1-13-7-8-16(9-14(13)2)20(25)12-28-22(27)17-10-21(26)24(11-17)19-6-4-5-18(23)15(19)3/h4-9,17H,10-12H2,1-3H3/t17-/m1/s1. The van der Waals surface area contributed by atoms with Crippen molar-refractivity contribution < 1.29 is 19.1 Å². The van der Waals surface area contributed by atoms with Crippen molar-refractivity contribution >= 4 is 34.9 Å². The fourth-order valence-corrected chi connectivity index (χ4v) is 3.41. The smallest absolute Gasteiger partial charge is 0.311 e. The molecular formula is C22H22ClNO4. The molecule has 0 aliphatic carbocycles. The van der Waals surface area contributed by atoms with Crippen LogP contribution in [0.4, 0.5) is 5.69 Å². The number of Topliss-reactive ketones (excluding diaryl/α,β-unsaturated/α-hetero) is 1. The van der Waals surface area contributed by atoms with Crippen LogP contribution in [0.25, 0.3) is 0 Å². The van der Waals surface area contributed by atoms with Crippen LogP contribution in [-0.4, -0.2) is 30.8 Å². The van der Waals surface area contributed by atoms with Crippen molar-refractivity contribution in [3.8, 4) is 0 Å². The van der Waals surface area contributed by atoms with Gasteiger partial charge in [0.15, 0.2) is 12.4 Å². The van der Waals surface area contributed by atoms with Crippen LogP contribution in [0.2, 0.25) is 5.02 Å². The van der Waals surface area contributed by atoms with Crippen molar-refractivity contribution in [1.29, 1.82) is 0 Å². The zero-order valence-electron chi connectivity index (χ0n) is 16.1. The molecule has 28 heavy (non-hydrogen) atoms. The van der Waals surface area contributed by atoms with E-state index in [-0.39, 0.29) is 31.3 Å². The third-order valence-electron chi connectivity index (χ3n) is 5.16. The van der Waals surface area contributed by atoms with Crippen LogP contribution < -0.4 is 4.90 Å². The van der Waals surface area contributed by atoms with Gasteiger partial charge in [-0.25, -0.2) is 0 Å². The van der Waals surface area contributed by atoms with Gasteiger partial charge in [-0.3, -0.25) is 14.4 Å². The Bertz CT molecular complexity index is 954. The van der Waals surface area contributed by atoms with Gasteiger partial charge >= 0.3 is 5.97 Å². The Labute approximate surface area is 169 Å². The van der Waals surface area contributed by atoms with E-state index in [0.29, 0.717) is 16.3 Å². The molecule has 5 nitrogen and oxygen atoms in total. The maximum atomic E-state index is 12.4. The Morgan fingerprint density at radius 1 is 1.14 bits per heavy atom. The average molecular weight is 400 g/mol. The molecule has 0 N–H and O–H groups in total. The summed E-state index contributed by atoms with van der Waals surface area (Å²) in [6.45, 7) is 5.61. The molecule has 0 aromatic heterocycles. The number of carbonyl (C=O) groups excluding carboxylic acids is 3. The second-order valence-corrected chi connectivity index (χ2v) is 7.53. The summed E-state index contributed by atoms with van der Waals surface area (Å²) in [6, 6.07) is 10.7. The van der Waals surface area contributed by atoms with Crippen molar-refractivity contribution in [3.05, 3.63) is 63.7 Å². The number of aryl methyl sites for hydroxylation is 2. The lowest BCUT2D eigenvalue weighted by Crippen LogP contribution is -2.27. The van der Waals surface area contributed by atoms with E-state index >= 15 is 0 Å². The first kappa shape index (κ1) is 20.1. The normalized spacial score (nSPS) is 16.4. The second kappa shape index (κ2) is 8.15. The Morgan fingerprint density at radius 2 is 1.89 bits per heavy atom. The Hall–Kier alpha value is -2.66. The molecule has 2 aromatic carbocycles. The van der Waals surface area contributed by atoms with Gasteiger partial charge in [-0.2, -0.15) is 0 Å². The number of nitrogens with zero attached hydrogens (tertiary/aromatic N) is 1. The monoisotopic (exact) mass is 399 g/mol. The third-order valence-corrected chi connectivity index (χ3v) is 5.57. The van der Waals surface area contributed by atoms with Gasteiger partial charge in [0.05, 0.1) is 5.92 Å². The molecule has 1 heterocycles. The summed E-state index contributed by atoms with van der Waals surface area (Å²) in [4.78, 5) is 38.6. The summed E-state index contributed by atoms with van der Waals surface area (Å²) in [5, 5.41) is 0.565. The topological polar surface area (TPSA) is 63.7 Å². The highest BCUT2D eigenvalue weighted by Gasteiger charge is 2.37. The van der Waals surface area contributed by atoms with Gasteiger partial charge in [0, 0.05) is 29.2 Å². The molecule has 3 rings (SSSR count). The van der Waals surface area contributed by atoms with E-state index in [2.05, 4.69) is 0 Å². The van der Waals surface area contributed by atoms with E-state index in [1.807, 2.05) is 26.8 Å². The van der Waals surface area contributed by atoms with Crippen molar-refractivity contribution in [3.63, 3.8) is 0 Å². The first-order valence-corrected chi connectivity index (χ1v) is 9.48. The van der Waals surface area contributed by atoms with Gasteiger partial charge in [0.2, 0.25) is 5.91 Å². The molecule has 6 heteroatoms. The highest BCUT2D eigenvalue weighted by Crippen LogP contribution is 2.31. The predicted molar refractivity (Wildman–Crippen MR) is 108 cm³/mol. The van der Waals surface area contributed by atoms with Crippen LogP contribution in [0.15, 0.2) is 36.4 Å². The molecule has 1 fully saturated rings. The molecule has 0 radical (unpaired) electrons. The van der Waals surface area contributed by atoms with Crippen LogP contribution in [-0.2, 0) is 14.3 Å². The molecule has 0 saturated carbocycles. The fourth-order valence-electron chi connectivity index (χ4n) is 3.24. The minimum Gasteiger partial charge on any atom is -0.457 e. The van der Waals surface area contributed by atoms with Gasteiger partial charge in [-0.15, -0.1) is 0 Å². The quantitative estimate of drug-likeness (QED) is 0.562. The highest BCUT2D eigenvalue weighted by atomic mass is 35.5. The van der Waals surface area contributed by atoms with Gasteiger partial charge < -0.3 is 9.64 Å². The SMILES string of the molecule is Cc1ccc(C(=O)COC(=O)[C@@H]2CC(=O)N(c3cccc(Cl)c3C)C2)cc1C. The number of hydrogen-bond acceptors (Lipinski definition) is 4. The van der Waals surface area contributed by atoms with Crippen LogP contribution in [0, 0.1) is 26.7 Å². The summed E-state index contributed by atoms with van der Waals surface area (Å²) in [6.07, 6.45) is 0.0582. The number of benzene rings is 2. The predicted octanol–water partition coefficient (Wildman–Crippen LogP) is 4.04. The average Bonchev–Trinajstić information content (AvgIpc) is 3.05. The van der Waals surface area contributed by atoms with Crippen LogP contribution in [0.3, 0.4) is 0 Å². The second-order valence-electron chi connectivity index (χ2n) is 7.12. The van der Waals surface area contributed by atoms with E-state index < -0.39 is 11.9 Å². The van der Waals surface area contributed by atoms with Gasteiger partial charge in [-0.05, 0) is 55.7 Å². The molecular weight excluding hydrogens is 378 g/mol. The van der Waals surface area contributed by atoms with E-state index in [4.69, 9.17) is 16.3 Å². The largest absolute Gasteiger partial charge is 0.457 e. The Balaban J connectivity index is 1.62. The van der Waals surface area contributed by atoms with Crippen LogP contribution in [0.5, 0.6) is 0 Å². The fraction of sp³-hybridized carbons (Fsp3) is 0.318. The zero-order chi connectivity index (χ0) is 20.4. The zero-order valence-corrected chi connectivity index (χ0v) is 16.9. The number of ether oxygens (including phenoxy) is 1. The van der Waals surface area contributed by atoms with Gasteiger partial charge in [-0.1, -0.05) is 29.8 Å². The molecule has 0 unspecified atom stereocenters. The van der Waals surface area contributed by atoms with E-state index in [1.165, 1.54) is 0 Å². The number of amides is 1. The Morgan fingerprint density at radius 3 is 2.61 bits per heavy atom. The lowest BCUT2D eigenvalue weighted by Gasteiger charge is -2.19. The lowest BCUT2D eigenvalue weighted by atomic mass is 10.0. The molecule has 1 aliphatic heterocycles. The minimum absolute atomic E-state index is 0.0582. The van der Waals surface area contributed by atoms with Crippen molar-refractivity contribution in [1.82, 2.24) is 0 Å². The first-order valence-electron chi connectivity index (χ1n) is 9.10. The molecule has 146 valence electrons. The van der Waals surface area contributed by atoms with E-state index in [1.54, 1.807) is 35.2 Å². The maximum absolute atomic E-state index is 12.4. The number of carbonyl (C=O) groups is 3. The lowest BCUT2D eigenvalue weighted by molar-refractivity contribution is -0.147. The van der Waals surface area contributed by atoms with Crippen LogP contribution >= 0.6 is 11.6 Å². The van der Waals surface area contributed by atoms with Gasteiger partial charge in [0.25, 0.3) is 0 Å². The molecule has 1 atom stereocenters. The molecule has 1 aliphatic rings. The summed E-state index contributed by atoms with van der Waals surface area (Å²) in [5.74, 6) is -1.55. The number of anilines is 1. The molecule has 1 saturated heterocycles. The van der Waals surface area contributed by atoms with Crippen LogP contribution in [0.1, 0.15) is 33.5 Å². The molecule has 0 spiro atoms. The number of ketones is 1. The molecule has 0 bridgehead atoms. The third kappa shape index (κ3) is 4.09. The van der Waals surface area contributed by atoms with Crippen molar-refractivity contribution in [2.45, 2.75) is 27.2 Å². The first-order chi connectivity index (χ1) is 13.3. The number of hydrogen-bond donors (Lipinski definition) is 0. The van der Waals surface area contributed by atoms with E-state index in [0.717, 1.165) is 16.7 Å². The van der Waals surface area contributed by atoms with Crippen molar-refractivity contribution in [2.75, 3.05) is 18.1 Å². The summed E-state index contributed by atoms with van der Waals surface area (Å²) >= 11 is 6.14. The van der Waals surface area contributed by atoms with E-state index in [9.17, 15) is 14.4 Å². The van der Waals surface area contributed by atoms with Crippen molar-refractivity contribution in [2.24, 2.45) is 5.92 Å². The molecule has 2 aromatic rings. The van der Waals surface area contributed by atoms with Gasteiger partial charge in [0.1, 0.15) is 0 Å². The number of rotatable bonds is 5. The summed E-state index contributed by atoms with van der Waals surface area (Å²) in [7, 11) is 0. The summed E-state index contributed by atoms with van der Waals surface area (Å²) in [5.41, 5.74) is 4.09. The molecule has 1 amide bonds.